The highest BCUT2D eigenvalue weighted by atomic mass is 19.4. The first-order valence-electron chi connectivity index (χ1n) is 4.82. The van der Waals surface area contributed by atoms with E-state index in [2.05, 4.69) is 16.6 Å². The van der Waals surface area contributed by atoms with E-state index in [1.54, 1.807) is 19.1 Å². The molecule has 1 N–H and O–H groups in total. The fourth-order valence-corrected chi connectivity index (χ4v) is 1.19. The second-order valence-corrected chi connectivity index (χ2v) is 3.34. The number of halogens is 3. The molecule has 0 radical (unpaired) electrons. The maximum absolute atomic E-state index is 11.9. The standard InChI is InChI=1S/C12H11F3O2/c1-9-7-10(3-2-6-16)4-5-11(9)17-8-12(13,14)15/h4-5,7,16H,6,8H2,1H3. The lowest BCUT2D eigenvalue weighted by Gasteiger charge is -2.11. The van der Waals surface area contributed by atoms with Crippen molar-refractivity contribution in [2.75, 3.05) is 13.2 Å². The third kappa shape index (κ3) is 4.79. The third-order valence-electron chi connectivity index (χ3n) is 1.88. The van der Waals surface area contributed by atoms with E-state index in [4.69, 9.17) is 5.11 Å². The van der Waals surface area contributed by atoms with Gasteiger partial charge in [0, 0.05) is 5.56 Å². The van der Waals surface area contributed by atoms with Crippen LogP contribution in [0.2, 0.25) is 0 Å². The van der Waals surface area contributed by atoms with Crippen LogP contribution in [0.5, 0.6) is 5.75 Å². The summed E-state index contributed by atoms with van der Waals surface area (Å²) in [6.45, 7) is 0.0662. The van der Waals surface area contributed by atoms with Crippen molar-refractivity contribution in [2.45, 2.75) is 13.1 Å². The molecule has 0 aliphatic heterocycles. The largest absolute Gasteiger partial charge is 0.484 e. The molecular formula is C12H11F3O2. The lowest BCUT2D eigenvalue weighted by molar-refractivity contribution is -0.153. The molecule has 0 aromatic heterocycles. The fourth-order valence-electron chi connectivity index (χ4n) is 1.19. The SMILES string of the molecule is Cc1cc(C#CCO)ccc1OCC(F)(F)F. The van der Waals surface area contributed by atoms with Crippen molar-refractivity contribution in [3.8, 4) is 17.6 Å². The van der Waals surface area contributed by atoms with Crippen LogP contribution in [-0.2, 0) is 0 Å². The summed E-state index contributed by atoms with van der Waals surface area (Å²) in [4.78, 5) is 0. The topological polar surface area (TPSA) is 29.5 Å². The Morgan fingerprint density at radius 1 is 1.35 bits per heavy atom. The minimum absolute atomic E-state index is 0.178. The maximum Gasteiger partial charge on any atom is 0.422 e. The first kappa shape index (κ1) is 13.4. The molecule has 0 aliphatic rings. The second kappa shape index (κ2) is 5.60. The molecule has 0 unspecified atom stereocenters. The van der Waals surface area contributed by atoms with Crippen molar-refractivity contribution in [2.24, 2.45) is 0 Å². The second-order valence-electron chi connectivity index (χ2n) is 3.34. The molecule has 0 bridgehead atoms. The monoisotopic (exact) mass is 244 g/mol. The van der Waals surface area contributed by atoms with Gasteiger partial charge in [-0.05, 0) is 30.7 Å². The van der Waals surface area contributed by atoms with Gasteiger partial charge >= 0.3 is 6.18 Å². The van der Waals surface area contributed by atoms with Gasteiger partial charge in [0.05, 0.1) is 0 Å². The zero-order chi connectivity index (χ0) is 12.9. The van der Waals surface area contributed by atoms with Gasteiger partial charge in [-0.25, -0.2) is 0 Å². The lowest BCUT2D eigenvalue weighted by atomic mass is 10.1. The van der Waals surface area contributed by atoms with Crippen molar-refractivity contribution in [3.63, 3.8) is 0 Å². The number of hydrogen-bond acceptors (Lipinski definition) is 2. The van der Waals surface area contributed by atoms with E-state index in [0.717, 1.165) is 0 Å². The van der Waals surface area contributed by atoms with Gasteiger partial charge in [0.25, 0.3) is 0 Å². The molecule has 0 saturated carbocycles. The minimum atomic E-state index is -4.35. The maximum atomic E-state index is 11.9. The molecule has 17 heavy (non-hydrogen) atoms. The zero-order valence-electron chi connectivity index (χ0n) is 9.14. The smallest absolute Gasteiger partial charge is 0.422 e. The van der Waals surface area contributed by atoms with E-state index >= 15 is 0 Å². The van der Waals surface area contributed by atoms with Crippen molar-refractivity contribution >= 4 is 0 Å². The summed E-state index contributed by atoms with van der Waals surface area (Å²) in [5.74, 6) is 5.29. The average Bonchev–Trinajstić information content (AvgIpc) is 2.23. The molecule has 2 nitrogen and oxygen atoms in total. The molecule has 92 valence electrons. The zero-order valence-corrected chi connectivity index (χ0v) is 9.14. The summed E-state index contributed by atoms with van der Waals surface area (Å²) >= 11 is 0. The highest BCUT2D eigenvalue weighted by molar-refractivity contribution is 5.43. The molecule has 0 saturated heterocycles. The van der Waals surface area contributed by atoms with E-state index in [9.17, 15) is 13.2 Å². The Balaban J connectivity index is 2.76. The number of alkyl halides is 3. The van der Waals surface area contributed by atoms with Gasteiger partial charge in [0.1, 0.15) is 12.4 Å². The van der Waals surface area contributed by atoms with Gasteiger partial charge in [0.15, 0.2) is 6.61 Å². The molecule has 5 heteroatoms. The lowest BCUT2D eigenvalue weighted by Crippen LogP contribution is -2.19. The molecule has 0 heterocycles. The van der Waals surface area contributed by atoms with Crippen LogP contribution in [0.1, 0.15) is 11.1 Å². The molecule has 1 aromatic rings. The van der Waals surface area contributed by atoms with Crippen LogP contribution in [-0.4, -0.2) is 24.5 Å². The van der Waals surface area contributed by atoms with Gasteiger partial charge in [0.2, 0.25) is 0 Å². The van der Waals surface area contributed by atoms with Crippen molar-refractivity contribution in [3.05, 3.63) is 29.3 Å². The normalized spacial score (nSPS) is 10.6. The van der Waals surface area contributed by atoms with Crippen LogP contribution in [0.4, 0.5) is 13.2 Å². The number of aryl methyl sites for hydroxylation is 1. The predicted molar refractivity (Wildman–Crippen MR) is 56.7 cm³/mol. The van der Waals surface area contributed by atoms with Crippen LogP contribution >= 0.6 is 0 Å². The van der Waals surface area contributed by atoms with Crippen molar-refractivity contribution in [1.29, 1.82) is 0 Å². The highest BCUT2D eigenvalue weighted by Crippen LogP contribution is 2.22. The van der Waals surface area contributed by atoms with Crippen LogP contribution in [0, 0.1) is 18.8 Å². The molecule has 1 aromatic carbocycles. The summed E-state index contributed by atoms with van der Waals surface area (Å²) in [6, 6.07) is 4.58. The number of aliphatic hydroxyl groups excluding tert-OH is 1. The number of ether oxygens (including phenoxy) is 1. The van der Waals surface area contributed by atoms with Gasteiger partial charge in [-0.2, -0.15) is 13.2 Å². The van der Waals surface area contributed by atoms with E-state index in [0.29, 0.717) is 11.1 Å². The van der Waals surface area contributed by atoms with E-state index in [1.807, 2.05) is 0 Å². The summed E-state index contributed by atoms with van der Waals surface area (Å²) in [7, 11) is 0. The molecule has 0 atom stereocenters. The van der Waals surface area contributed by atoms with Gasteiger partial charge in [-0.3, -0.25) is 0 Å². The Morgan fingerprint density at radius 2 is 2.06 bits per heavy atom. The van der Waals surface area contributed by atoms with Crippen molar-refractivity contribution in [1.82, 2.24) is 0 Å². The van der Waals surface area contributed by atoms with E-state index in [1.165, 1.54) is 6.07 Å². The Hall–Kier alpha value is -1.67. The van der Waals surface area contributed by atoms with E-state index < -0.39 is 12.8 Å². The number of benzene rings is 1. The average molecular weight is 244 g/mol. The van der Waals surface area contributed by atoms with Crippen LogP contribution in [0.15, 0.2) is 18.2 Å². The quantitative estimate of drug-likeness (QED) is 0.809. The number of rotatable bonds is 2. The molecule has 0 aliphatic carbocycles. The number of aliphatic hydroxyl groups is 1. The van der Waals surface area contributed by atoms with Crippen molar-refractivity contribution < 1.29 is 23.0 Å². The Bertz CT molecular complexity index is 441. The molecule has 0 amide bonds. The molecule has 1 rings (SSSR count). The van der Waals surface area contributed by atoms with Gasteiger partial charge in [-0.1, -0.05) is 11.8 Å². The van der Waals surface area contributed by atoms with E-state index in [-0.39, 0.29) is 12.4 Å². The van der Waals surface area contributed by atoms with Crippen LogP contribution < -0.4 is 4.74 Å². The Morgan fingerprint density at radius 3 is 2.59 bits per heavy atom. The van der Waals surface area contributed by atoms with Crippen LogP contribution in [0.3, 0.4) is 0 Å². The first-order chi connectivity index (χ1) is 7.92. The van der Waals surface area contributed by atoms with Gasteiger partial charge < -0.3 is 9.84 Å². The fraction of sp³-hybridized carbons (Fsp3) is 0.333. The molecule has 0 fully saturated rings. The summed E-state index contributed by atoms with van der Waals surface area (Å²) in [5, 5.41) is 8.50. The third-order valence-corrected chi connectivity index (χ3v) is 1.88. The summed E-state index contributed by atoms with van der Waals surface area (Å²) in [6.07, 6.45) is -4.35. The predicted octanol–water partition coefficient (Wildman–Crippen LogP) is 2.28. The van der Waals surface area contributed by atoms with Crippen LogP contribution in [0.25, 0.3) is 0 Å². The Kier molecular flexibility index (Phi) is 4.41. The highest BCUT2D eigenvalue weighted by Gasteiger charge is 2.28. The molecule has 0 spiro atoms. The van der Waals surface area contributed by atoms with Gasteiger partial charge in [-0.15, -0.1) is 0 Å². The minimum Gasteiger partial charge on any atom is -0.484 e. The first-order valence-corrected chi connectivity index (χ1v) is 4.82. The Labute approximate surface area is 97.0 Å². The number of hydrogen-bond donors (Lipinski definition) is 1. The summed E-state index contributed by atoms with van der Waals surface area (Å²) in [5.41, 5.74) is 1.19. The summed E-state index contributed by atoms with van der Waals surface area (Å²) < 4.78 is 40.5. The molecular weight excluding hydrogens is 233 g/mol.